The first-order valence-electron chi connectivity index (χ1n) is 4.19. The van der Waals surface area contributed by atoms with Crippen LogP contribution >= 0.6 is 15.9 Å². The molecule has 1 aromatic carbocycles. The first-order valence-corrected chi connectivity index (χ1v) is 5.31. The van der Waals surface area contributed by atoms with Crippen molar-refractivity contribution in [2.45, 2.75) is 11.8 Å². The lowest BCUT2D eigenvalue weighted by atomic mass is 10.0. The molecule has 0 saturated heterocycles. The van der Waals surface area contributed by atoms with Gasteiger partial charge in [0.05, 0.1) is 17.4 Å². The Morgan fingerprint density at radius 1 is 1.56 bits per heavy atom. The molecule has 16 heavy (non-hydrogen) atoms. The van der Waals surface area contributed by atoms with E-state index in [9.17, 15) is 19.3 Å². The summed E-state index contributed by atoms with van der Waals surface area (Å²) in [5.74, 6) is -1.98. The number of hydrogen-bond donors (Lipinski definition) is 1. The average Bonchev–Trinajstić information content (AvgIpc) is 2.15. The predicted octanol–water partition coefficient (Wildman–Crippen LogP) is 2.26. The van der Waals surface area contributed by atoms with E-state index in [1.54, 1.807) is 0 Å². The minimum Gasteiger partial charge on any atom is -0.481 e. The number of nitro groups is 1. The molecule has 0 aliphatic rings. The first kappa shape index (κ1) is 12.6. The molecule has 0 amide bonds. The van der Waals surface area contributed by atoms with Gasteiger partial charge >= 0.3 is 5.97 Å². The molecule has 0 aliphatic heterocycles. The summed E-state index contributed by atoms with van der Waals surface area (Å²) >= 11 is 3.02. The predicted molar refractivity (Wildman–Crippen MR) is 57.0 cm³/mol. The third-order valence-electron chi connectivity index (χ3n) is 1.96. The third kappa shape index (κ3) is 2.75. The number of carboxylic acids is 1. The molecular weight excluding hydrogens is 285 g/mol. The molecule has 0 fully saturated rings. The molecule has 1 aromatic rings. The normalized spacial score (nSPS) is 10.1. The summed E-state index contributed by atoms with van der Waals surface area (Å²) < 4.78 is 13.0. The van der Waals surface area contributed by atoms with Crippen molar-refractivity contribution in [3.8, 4) is 0 Å². The Morgan fingerprint density at radius 2 is 2.19 bits per heavy atom. The van der Waals surface area contributed by atoms with Crippen LogP contribution in [0.3, 0.4) is 0 Å². The number of rotatable bonds is 4. The molecule has 0 atom stereocenters. The molecule has 7 heteroatoms. The van der Waals surface area contributed by atoms with Gasteiger partial charge in [-0.2, -0.15) is 0 Å². The smallest absolute Gasteiger partial charge is 0.307 e. The van der Waals surface area contributed by atoms with Crippen LogP contribution in [0.1, 0.15) is 11.1 Å². The van der Waals surface area contributed by atoms with E-state index in [1.807, 2.05) is 0 Å². The van der Waals surface area contributed by atoms with Crippen molar-refractivity contribution in [1.82, 2.24) is 0 Å². The summed E-state index contributed by atoms with van der Waals surface area (Å²) in [7, 11) is 0. The largest absolute Gasteiger partial charge is 0.481 e. The van der Waals surface area contributed by atoms with Crippen LogP contribution in [0.15, 0.2) is 12.1 Å². The van der Waals surface area contributed by atoms with E-state index in [4.69, 9.17) is 5.11 Å². The van der Waals surface area contributed by atoms with Crippen LogP contribution in [-0.4, -0.2) is 16.0 Å². The van der Waals surface area contributed by atoms with Crippen molar-refractivity contribution >= 4 is 27.6 Å². The Morgan fingerprint density at radius 3 is 2.62 bits per heavy atom. The van der Waals surface area contributed by atoms with Crippen LogP contribution in [0, 0.1) is 15.9 Å². The molecule has 0 unspecified atom stereocenters. The van der Waals surface area contributed by atoms with Gasteiger partial charge < -0.3 is 5.11 Å². The van der Waals surface area contributed by atoms with E-state index in [-0.39, 0.29) is 16.5 Å². The second-order valence-electron chi connectivity index (χ2n) is 3.02. The third-order valence-corrected chi connectivity index (χ3v) is 2.52. The highest BCUT2D eigenvalue weighted by molar-refractivity contribution is 9.08. The number of alkyl halides is 1. The highest BCUT2D eigenvalue weighted by Gasteiger charge is 2.20. The number of halogens is 2. The number of benzene rings is 1. The summed E-state index contributed by atoms with van der Waals surface area (Å²) in [6, 6.07) is 1.78. The topological polar surface area (TPSA) is 80.4 Å². The summed E-state index contributed by atoms with van der Waals surface area (Å²) in [6.07, 6.45) is -0.445. The van der Waals surface area contributed by atoms with Crippen molar-refractivity contribution < 1.29 is 19.2 Å². The Kier molecular flexibility index (Phi) is 3.94. The molecule has 0 heterocycles. The minimum atomic E-state index is -1.16. The van der Waals surface area contributed by atoms with Crippen molar-refractivity contribution in [3.05, 3.63) is 39.2 Å². The Bertz CT molecular complexity index is 449. The van der Waals surface area contributed by atoms with Crippen LogP contribution in [0.2, 0.25) is 0 Å². The van der Waals surface area contributed by atoms with Gasteiger partial charge in [0.15, 0.2) is 0 Å². The highest BCUT2D eigenvalue weighted by atomic mass is 79.9. The van der Waals surface area contributed by atoms with E-state index in [2.05, 4.69) is 15.9 Å². The van der Waals surface area contributed by atoms with Gasteiger partial charge in [0, 0.05) is 10.9 Å². The molecule has 1 N–H and O–H groups in total. The molecule has 0 aliphatic carbocycles. The van der Waals surface area contributed by atoms with Gasteiger partial charge in [0.25, 0.3) is 5.69 Å². The number of aliphatic carboxylic acids is 1. The quantitative estimate of drug-likeness (QED) is 0.524. The second kappa shape index (κ2) is 5.02. The van der Waals surface area contributed by atoms with Crippen molar-refractivity contribution in [2.75, 3.05) is 0 Å². The molecular formula is C9H7BrFNO4. The Hall–Kier alpha value is -1.50. The maximum atomic E-state index is 13.0. The van der Waals surface area contributed by atoms with Gasteiger partial charge in [-0.25, -0.2) is 4.39 Å². The number of carbonyl (C=O) groups is 1. The summed E-state index contributed by atoms with van der Waals surface area (Å²) in [5.41, 5.74) is -0.113. The lowest BCUT2D eigenvalue weighted by Crippen LogP contribution is -2.06. The van der Waals surface area contributed by atoms with Gasteiger partial charge in [-0.15, -0.1) is 0 Å². The zero-order valence-corrected chi connectivity index (χ0v) is 9.53. The maximum absolute atomic E-state index is 13.0. The Balaban J connectivity index is 3.35. The minimum absolute atomic E-state index is 0.103. The van der Waals surface area contributed by atoms with Gasteiger partial charge in [0.1, 0.15) is 5.82 Å². The number of nitro benzene ring substituents is 1. The van der Waals surface area contributed by atoms with E-state index in [1.165, 1.54) is 0 Å². The fourth-order valence-electron chi connectivity index (χ4n) is 1.32. The molecule has 0 spiro atoms. The molecule has 0 bridgehead atoms. The maximum Gasteiger partial charge on any atom is 0.307 e. The Labute approximate surface area is 98.2 Å². The fourth-order valence-corrected chi connectivity index (χ4v) is 1.96. The van der Waals surface area contributed by atoms with E-state index in [0.717, 1.165) is 12.1 Å². The van der Waals surface area contributed by atoms with Crippen molar-refractivity contribution in [1.29, 1.82) is 0 Å². The molecule has 86 valence electrons. The average molecular weight is 292 g/mol. The molecule has 0 saturated carbocycles. The van der Waals surface area contributed by atoms with Crippen LogP contribution < -0.4 is 0 Å². The van der Waals surface area contributed by atoms with Crippen molar-refractivity contribution in [2.24, 2.45) is 0 Å². The van der Waals surface area contributed by atoms with E-state index >= 15 is 0 Å². The second-order valence-corrected chi connectivity index (χ2v) is 3.58. The molecule has 0 radical (unpaired) electrons. The lowest BCUT2D eigenvalue weighted by molar-refractivity contribution is -0.385. The monoisotopic (exact) mass is 291 g/mol. The fraction of sp³-hybridized carbons (Fsp3) is 0.222. The summed E-state index contributed by atoms with van der Waals surface area (Å²) in [6.45, 7) is 0. The summed E-state index contributed by atoms with van der Waals surface area (Å²) in [5, 5.41) is 19.3. The van der Waals surface area contributed by atoms with Crippen molar-refractivity contribution in [3.63, 3.8) is 0 Å². The van der Waals surface area contributed by atoms with Gasteiger partial charge in [-0.1, -0.05) is 15.9 Å². The number of carboxylic acid groups (broad SMARTS) is 1. The van der Waals surface area contributed by atoms with E-state index < -0.39 is 28.8 Å². The zero-order chi connectivity index (χ0) is 12.3. The molecule has 5 nitrogen and oxygen atoms in total. The standard InChI is InChI=1S/C9H7BrFNO4/c10-4-7-5(2-9(13)14)1-6(11)3-8(7)12(15)16/h1,3H,2,4H2,(H,13,14). The number of hydrogen-bond acceptors (Lipinski definition) is 3. The van der Waals surface area contributed by atoms with E-state index in [0.29, 0.717) is 0 Å². The summed E-state index contributed by atoms with van der Waals surface area (Å²) in [4.78, 5) is 20.4. The first-order chi connectivity index (χ1) is 7.45. The van der Waals surface area contributed by atoms with Crippen LogP contribution in [0.5, 0.6) is 0 Å². The van der Waals surface area contributed by atoms with Crippen LogP contribution in [0.4, 0.5) is 10.1 Å². The highest BCUT2D eigenvalue weighted by Crippen LogP contribution is 2.26. The van der Waals surface area contributed by atoms with Crippen LogP contribution in [0.25, 0.3) is 0 Å². The van der Waals surface area contributed by atoms with Crippen LogP contribution in [-0.2, 0) is 16.5 Å². The number of nitrogens with zero attached hydrogens (tertiary/aromatic N) is 1. The lowest BCUT2D eigenvalue weighted by Gasteiger charge is -2.06. The SMILES string of the molecule is O=C(O)Cc1cc(F)cc([N+](=O)[O-])c1CBr. The molecule has 1 rings (SSSR count). The van der Waals surface area contributed by atoms with Gasteiger partial charge in [-0.3, -0.25) is 14.9 Å². The zero-order valence-electron chi connectivity index (χ0n) is 7.94. The van der Waals surface area contributed by atoms with Gasteiger partial charge in [-0.05, 0) is 11.6 Å². The molecule has 0 aromatic heterocycles. The van der Waals surface area contributed by atoms with Gasteiger partial charge in [0.2, 0.25) is 0 Å².